The predicted molar refractivity (Wildman–Crippen MR) is 76.3 cm³/mol. The lowest BCUT2D eigenvalue weighted by atomic mass is 10.2. The van der Waals surface area contributed by atoms with Gasteiger partial charge in [-0.25, -0.2) is 8.42 Å². The molecule has 2 rings (SSSR count). The first kappa shape index (κ1) is 14.6. The Morgan fingerprint density at radius 2 is 2.00 bits per heavy atom. The predicted octanol–water partition coefficient (Wildman–Crippen LogP) is 1.39. The lowest BCUT2D eigenvalue weighted by molar-refractivity contribution is 0.286. The summed E-state index contributed by atoms with van der Waals surface area (Å²) in [4.78, 5) is 2.08. The lowest BCUT2D eigenvalue weighted by Gasteiger charge is -2.26. The zero-order chi connectivity index (χ0) is 14.0. The van der Waals surface area contributed by atoms with Crippen LogP contribution in [0.2, 0.25) is 0 Å². The fraction of sp³-hybridized carbons (Fsp3) is 0.500. The normalized spacial score (nSPS) is 19.3. The Labute approximate surface area is 121 Å². The molecule has 1 heterocycles. The van der Waals surface area contributed by atoms with E-state index < -0.39 is 9.84 Å². The van der Waals surface area contributed by atoms with Gasteiger partial charge in [0.25, 0.3) is 0 Å². The number of phenolic OH excluding ortho intramolecular Hbond substituents is 1. The molecule has 0 aromatic heterocycles. The summed E-state index contributed by atoms with van der Waals surface area (Å²) in [5.41, 5.74) is 0.973. The molecule has 7 heteroatoms. The minimum absolute atomic E-state index is 0.0764. The SMILES string of the molecule is COc1cc(CN2CCS(=O)(=O)CC2)cc(Br)c1O. The molecule has 1 aliphatic rings. The van der Waals surface area contributed by atoms with Crippen LogP contribution in [0.25, 0.3) is 0 Å². The molecule has 0 saturated carbocycles. The zero-order valence-corrected chi connectivity index (χ0v) is 13.0. The summed E-state index contributed by atoms with van der Waals surface area (Å²) in [5.74, 6) is 0.911. The molecule has 0 unspecified atom stereocenters. The van der Waals surface area contributed by atoms with E-state index >= 15 is 0 Å². The number of rotatable bonds is 3. The molecule has 19 heavy (non-hydrogen) atoms. The van der Waals surface area contributed by atoms with Gasteiger partial charge in [0.15, 0.2) is 21.3 Å². The molecule has 0 bridgehead atoms. The van der Waals surface area contributed by atoms with E-state index in [1.807, 2.05) is 6.07 Å². The first-order valence-electron chi connectivity index (χ1n) is 5.89. The molecule has 1 aromatic carbocycles. The van der Waals surface area contributed by atoms with Gasteiger partial charge in [-0.3, -0.25) is 4.90 Å². The van der Waals surface area contributed by atoms with Crippen LogP contribution in [0.1, 0.15) is 5.56 Å². The highest BCUT2D eigenvalue weighted by molar-refractivity contribution is 9.10. The van der Waals surface area contributed by atoms with Crippen molar-refractivity contribution in [2.24, 2.45) is 0 Å². The maximum absolute atomic E-state index is 11.4. The fourth-order valence-electron chi connectivity index (χ4n) is 2.04. The van der Waals surface area contributed by atoms with Crippen molar-refractivity contribution in [2.45, 2.75) is 6.54 Å². The van der Waals surface area contributed by atoms with Crippen molar-refractivity contribution >= 4 is 25.8 Å². The van der Waals surface area contributed by atoms with Crippen molar-refractivity contribution < 1.29 is 18.3 Å². The number of aromatic hydroxyl groups is 1. The van der Waals surface area contributed by atoms with Gasteiger partial charge in [0.05, 0.1) is 23.1 Å². The number of benzene rings is 1. The molecule has 0 aliphatic carbocycles. The van der Waals surface area contributed by atoms with Gasteiger partial charge in [-0.05, 0) is 33.6 Å². The summed E-state index contributed by atoms with van der Waals surface area (Å²) in [6.45, 7) is 1.73. The highest BCUT2D eigenvalue weighted by Gasteiger charge is 2.22. The minimum Gasteiger partial charge on any atom is -0.503 e. The molecule has 0 radical (unpaired) electrons. The van der Waals surface area contributed by atoms with E-state index in [0.717, 1.165) is 5.56 Å². The third kappa shape index (κ3) is 3.61. The summed E-state index contributed by atoms with van der Waals surface area (Å²) in [6, 6.07) is 3.59. The maximum Gasteiger partial charge on any atom is 0.172 e. The Balaban J connectivity index is 2.10. The van der Waals surface area contributed by atoms with Gasteiger partial charge in [-0.15, -0.1) is 0 Å². The van der Waals surface area contributed by atoms with E-state index in [1.54, 1.807) is 6.07 Å². The van der Waals surface area contributed by atoms with Crippen molar-refractivity contribution in [1.29, 1.82) is 0 Å². The van der Waals surface area contributed by atoms with Gasteiger partial charge < -0.3 is 9.84 Å². The van der Waals surface area contributed by atoms with Crippen molar-refractivity contribution in [3.05, 3.63) is 22.2 Å². The zero-order valence-electron chi connectivity index (χ0n) is 10.6. The van der Waals surface area contributed by atoms with Crippen molar-refractivity contribution in [3.8, 4) is 11.5 Å². The monoisotopic (exact) mass is 349 g/mol. The molecule has 106 valence electrons. The molecule has 0 atom stereocenters. The molecule has 5 nitrogen and oxygen atoms in total. The average Bonchev–Trinajstić information content (AvgIpc) is 2.36. The lowest BCUT2D eigenvalue weighted by Crippen LogP contribution is -2.39. The van der Waals surface area contributed by atoms with E-state index in [0.29, 0.717) is 29.9 Å². The summed E-state index contributed by atoms with van der Waals surface area (Å²) < 4.78 is 28.4. The molecular weight excluding hydrogens is 334 g/mol. The molecule has 1 aromatic rings. The van der Waals surface area contributed by atoms with Gasteiger partial charge >= 0.3 is 0 Å². The van der Waals surface area contributed by atoms with Gasteiger partial charge in [0.1, 0.15) is 0 Å². The number of sulfone groups is 1. The number of ether oxygens (including phenoxy) is 1. The van der Waals surface area contributed by atoms with Gasteiger partial charge in [-0.1, -0.05) is 0 Å². The van der Waals surface area contributed by atoms with Crippen LogP contribution in [0.5, 0.6) is 11.5 Å². The standard InChI is InChI=1S/C12H16BrNO4S/c1-18-11-7-9(6-10(13)12(11)15)8-14-2-4-19(16,17)5-3-14/h6-7,15H,2-5,8H2,1H3. The van der Waals surface area contributed by atoms with Crippen LogP contribution in [0.4, 0.5) is 0 Å². The van der Waals surface area contributed by atoms with E-state index in [9.17, 15) is 13.5 Å². The van der Waals surface area contributed by atoms with Crippen LogP contribution in [-0.2, 0) is 16.4 Å². The molecule has 1 fully saturated rings. The Bertz CT molecular complexity index is 559. The number of methoxy groups -OCH3 is 1. The number of phenols is 1. The van der Waals surface area contributed by atoms with E-state index in [-0.39, 0.29) is 17.3 Å². The fourth-order valence-corrected chi connectivity index (χ4v) is 3.81. The van der Waals surface area contributed by atoms with Gasteiger partial charge in [-0.2, -0.15) is 0 Å². The van der Waals surface area contributed by atoms with Crippen LogP contribution in [0.3, 0.4) is 0 Å². The quantitative estimate of drug-likeness (QED) is 0.893. The van der Waals surface area contributed by atoms with Crippen LogP contribution in [0, 0.1) is 0 Å². The van der Waals surface area contributed by atoms with Crippen molar-refractivity contribution in [2.75, 3.05) is 31.7 Å². The van der Waals surface area contributed by atoms with Crippen LogP contribution in [-0.4, -0.2) is 50.1 Å². The molecule has 0 amide bonds. The Morgan fingerprint density at radius 1 is 1.37 bits per heavy atom. The number of halogens is 1. The summed E-state index contributed by atoms with van der Waals surface area (Å²) >= 11 is 3.28. The Morgan fingerprint density at radius 3 is 2.58 bits per heavy atom. The molecular formula is C12H16BrNO4S. The smallest absolute Gasteiger partial charge is 0.172 e. The topological polar surface area (TPSA) is 66.8 Å². The first-order valence-corrected chi connectivity index (χ1v) is 8.51. The second-order valence-electron chi connectivity index (χ2n) is 4.56. The Hall–Kier alpha value is -0.790. The largest absolute Gasteiger partial charge is 0.503 e. The highest BCUT2D eigenvalue weighted by Crippen LogP contribution is 2.35. The van der Waals surface area contributed by atoms with Crippen LogP contribution >= 0.6 is 15.9 Å². The molecule has 1 N–H and O–H groups in total. The third-order valence-electron chi connectivity index (χ3n) is 3.15. The van der Waals surface area contributed by atoms with E-state index in [2.05, 4.69) is 20.8 Å². The average molecular weight is 350 g/mol. The second-order valence-corrected chi connectivity index (χ2v) is 7.71. The van der Waals surface area contributed by atoms with E-state index in [4.69, 9.17) is 4.74 Å². The second kappa shape index (κ2) is 5.68. The molecule has 1 saturated heterocycles. The molecule has 1 aliphatic heterocycles. The summed E-state index contributed by atoms with van der Waals surface area (Å²) in [5, 5.41) is 9.73. The van der Waals surface area contributed by atoms with Gasteiger partial charge in [0, 0.05) is 19.6 Å². The summed E-state index contributed by atoms with van der Waals surface area (Å²) in [6.07, 6.45) is 0. The number of hydrogen-bond acceptors (Lipinski definition) is 5. The third-order valence-corrected chi connectivity index (χ3v) is 5.37. The molecule has 0 spiro atoms. The first-order chi connectivity index (χ1) is 8.91. The number of nitrogens with zero attached hydrogens (tertiary/aromatic N) is 1. The van der Waals surface area contributed by atoms with Crippen LogP contribution < -0.4 is 4.74 Å². The summed E-state index contributed by atoms with van der Waals surface area (Å²) in [7, 11) is -1.35. The van der Waals surface area contributed by atoms with Crippen molar-refractivity contribution in [3.63, 3.8) is 0 Å². The van der Waals surface area contributed by atoms with Gasteiger partial charge in [0.2, 0.25) is 0 Å². The Kier molecular flexibility index (Phi) is 4.37. The van der Waals surface area contributed by atoms with Crippen LogP contribution in [0.15, 0.2) is 16.6 Å². The highest BCUT2D eigenvalue weighted by atomic mass is 79.9. The van der Waals surface area contributed by atoms with E-state index in [1.165, 1.54) is 7.11 Å². The maximum atomic E-state index is 11.4. The minimum atomic E-state index is -2.85. The number of hydrogen-bond donors (Lipinski definition) is 1. The van der Waals surface area contributed by atoms with Crippen molar-refractivity contribution in [1.82, 2.24) is 4.90 Å².